The molecule has 1 N–H and O–H groups in total. The minimum Gasteiger partial charge on any atom is -0.309 e. The Hall–Kier alpha value is -1.19. The fourth-order valence-electron chi connectivity index (χ4n) is 1.95. The van der Waals surface area contributed by atoms with Crippen LogP contribution in [0.3, 0.4) is 0 Å². The normalized spacial score (nSPS) is 12.7. The monoisotopic (exact) mass is 232 g/mol. The van der Waals surface area contributed by atoms with E-state index in [0.717, 1.165) is 0 Å². The highest BCUT2D eigenvalue weighted by atomic mass is 32.1. The third-order valence-corrected chi connectivity index (χ3v) is 3.75. The molecule has 2 aromatic rings. The van der Waals surface area contributed by atoms with Gasteiger partial charge in [0.15, 0.2) is 0 Å². The highest BCUT2D eigenvalue weighted by Crippen LogP contribution is 2.28. The van der Waals surface area contributed by atoms with Crippen LogP contribution in [-0.2, 0) is 0 Å². The van der Waals surface area contributed by atoms with Crippen LogP contribution in [0.4, 0.5) is 0 Å². The molecule has 0 aliphatic carbocycles. The van der Waals surface area contributed by atoms with Crippen LogP contribution < -0.4 is 5.32 Å². The first-order valence-electron chi connectivity index (χ1n) is 5.35. The van der Waals surface area contributed by atoms with Gasteiger partial charge >= 0.3 is 0 Å². The standard InChI is InChI=1S/C13H16N2S/c1-9-4-6-15-8-12(9)13(14-3)11-5-7-16-10(11)2/h4-8,13-14H,1-3H3. The van der Waals surface area contributed by atoms with Crippen molar-refractivity contribution in [3.8, 4) is 0 Å². The Labute approximate surface area is 100 Å². The van der Waals surface area contributed by atoms with Gasteiger partial charge in [0.2, 0.25) is 0 Å². The smallest absolute Gasteiger partial charge is 0.0603 e. The number of hydrogen-bond donors (Lipinski definition) is 1. The second kappa shape index (κ2) is 4.76. The third-order valence-electron chi connectivity index (χ3n) is 2.89. The van der Waals surface area contributed by atoms with E-state index in [0.29, 0.717) is 0 Å². The molecule has 1 unspecified atom stereocenters. The number of thiophene rings is 1. The number of nitrogens with zero attached hydrogens (tertiary/aromatic N) is 1. The second-order valence-electron chi connectivity index (χ2n) is 3.89. The van der Waals surface area contributed by atoms with Crippen molar-refractivity contribution in [2.75, 3.05) is 7.05 Å². The first-order chi connectivity index (χ1) is 7.74. The van der Waals surface area contributed by atoms with Gasteiger partial charge < -0.3 is 5.32 Å². The van der Waals surface area contributed by atoms with Crippen LogP contribution in [0.15, 0.2) is 29.9 Å². The van der Waals surface area contributed by atoms with Crippen LogP contribution in [-0.4, -0.2) is 12.0 Å². The molecule has 0 aliphatic rings. The van der Waals surface area contributed by atoms with Crippen LogP contribution in [0, 0.1) is 13.8 Å². The molecule has 1 atom stereocenters. The maximum atomic E-state index is 4.22. The van der Waals surface area contributed by atoms with Crippen molar-refractivity contribution < 1.29 is 0 Å². The number of aromatic nitrogens is 1. The van der Waals surface area contributed by atoms with Gasteiger partial charge in [0.1, 0.15) is 0 Å². The predicted molar refractivity (Wildman–Crippen MR) is 68.9 cm³/mol. The maximum Gasteiger partial charge on any atom is 0.0603 e. The number of pyridine rings is 1. The molecule has 16 heavy (non-hydrogen) atoms. The Morgan fingerprint density at radius 1 is 1.25 bits per heavy atom. The number of nitrogens with one attached hydrogen (secondary N) is 1. The fraction of sp³-hybridized carbons (Fsp3) is 0.308. The van der Waals surface area contributed by atoms with E-state index in [1.807, 2.05) is 19.4 Å². The van der Waals surface area contributed by atoms with Gasteiger partial charge in [0.25, 0.3) is 0 Å². The summed E-state index contributed by atoms with van der Waals surface area (Å²) >= 11 is 1.79. The van der Waals surface area contributed by atoms with Gasteiger partial charge in [-0.05, 0) is 55.1 Å². The molecule has 0 spiro atoms. The van der Waals surface area contributed by atoms with Crippen molar-refractivity contribution in [2.24, 2.45) is 0 Å². The first kappa shape index (κ1) is 11.3. The van der Waals surface area contributed by atoms with E-state index in [1.54, 1.807) is 11.3 Å². The molecule has 3 heteroatoms. The fourth-order valence-corrected chi connectivity index (χ4v) is 2.69. The molecule has 0 aromatic carbocycles. The van der Waals surface area contributed by atoms with Crippen molar-refractivity contribution >= 4 is 11.3 Å². The summed E-state index contributed by atoms with van der Waals surface area (Å²) in [7, 11) is 1.99. The molecule has 2 aromatic heterocycles. The molecule has 0 aliphatic heterocycles. The summed E-state index contributed by atoms with van der Waals surface area (Å²) in [4.78, 5) is 5.58. The van der Waals surface area contributed by atoms with Crippen molar-refractivity contribution in [1.29, 1.82) is 0 Å². The van der Waals surface area contributed by atoms with E-state index < -0.39 is 0 Å². The van der Waals surface area contributed by atoms with Gasteiger partial charge in [-0.1, -0.05) is 0 Å². The molecule has 0 fully saturated rings. The topological polar surface area (TPSA) is 24.9 Å². The number of hydrogen-bond acceptors (Lipinski definition) is 3. The van der Waals surface area contributed by atoms with E-state index in [4.69, 9.17) is 0 Å². The molecule has 0 saturated carbocycles. The van der Waals surface area contributed by atoms with Crippen LogP contribution in [0.5, 0.6) is 0 Å². The molecular formula is C13H16N2S. The lowest BCUT2D eigenvalue weighted by molar-refractivity contribution is 0.683. The highest BCUT2D eigenvalue weighted by molar-refractivity contribution is 7.10. The lowest BCUT2D eigenvalue weighted by Gasteiger charge is -2.18. The van der Waals surface area contributed by atoms with Crippen molar-refractivity contribution in [3.63, 3.8) is 0 Å². The van der Waals surface area contributed by atoms with Gasteiger partial charge in [-0.15, -0.1) is 11.3 Å². The molecular weight excluding hydrogens is 216 g/mol. The Morgan fingerprint density at radius 3 is 2.62 bits per heavy atom. The predicted octanol–water partition coefficient (Wildman–Crippen LogP) is 3.07. The van der Waals surface area contributed by atoms with Crippen LogP contribution in [0.1, 0.15) is 27.6 Å². The summed E-state index contributed by atoms with van der Waals surface area (Å²) in [5.41, 5.74) is 3.88. The molecule has 2 rings (SSSR count). The molecule has 2 nitrogen and oxygen atoms in total. The van der Waals surface area contributed by atoms with Gasteiger partial charge in [-0.25, -0.2) is 0 Å². The average Bonchev–Trinajstić information content (AvgIpc) is 2.69. The van der Waals surface area contributed by atoms with Gasteiger partial charge in [-0.3, -0.25) is 4.98 Å². The van der Waals surface area contributed by atoms with E-state index in [1.165, 1.54) is 21.6 Å². The molecule has 0 amide bonds. The summed E-state index contributed by atoms with van der Waals surface area (Å²) < 4.78 is 0. The Morgan fingerprint density at radius 2 is 2.06 bits per heavy atom. The van der Waals surface area contributed by atoms with E-state index in [2.05, 4.69) is 41.7 Å². The van der Waals surface area contributed by atoms with Gasteiger partial charge in [0, 0.05) is 17.3 Å². The van der Waals surface area contributed by atoms with Crippen molar-refractivity contribution in [1.82, 2.24) is 10.3 Å². The summed E-state index contributed by atoms with van der Waals surface area (Å²) in [6.07, 6.45) is 3.79. The zero-order valence-corrected chi connectivity index (χ0v) is 10.6. The molecule has 0 radical (unpaired) electrons. The van der Waals surface area contributed by atoms with Crippen molar-refractivity contribution in [3.05, 3.63) is 51.5 Å². The molecule has 2 heterocycles. The second-order valence-corrected chi connectivity index (χ2v) is 5.01. The summed E-state index contributed by atoms with van der Waals surface area (Å²) in [5.74, 6) is 0. The molecule has 0 saturated heterocycles. The quantitative estimate of drug-likeness (QED) is 0.879. The van der Waals surface area contributed by atoms with Crippen molar-refractivity contribution in [2.45, 2.75) is 19.9 Å². The summed E-state index contributed by atoms with van der Waals surface area (Å²) in [6.45, 7) is 4.29. The van der Waals surface area contributed by atoms with Gasteiger partial charge in [-0.2, -0.15) is 0 Å². The third kappa shape index (κ3) is 2.01. The first-order valence-corrected chi connectivity index (χ1v) is 6.23. The average molecular weight is 232 g/mol. The van der Waals surface area contributed by atoms with Gasteiger partial charge in [0.05, 0.1) is 6.04 Å². The van der Waals surface area contributed by atoms with E-state index >= 15 is 0 Å². The van der Waals surface area contributed by atoms with Crippen LogP contribution >= 0.6 is 11.3 Å². The highest BCUT2D eigenvalue weighted by Gasteiger charge is 2.16. The lowest BCUT2D eigenvalue weighted by Crippen LogP contribution is -2.19. The minimum atomic E-state index is 0.250. The Bertz CT molecular complexity index is 476. The van der Waals surface area contributed by atoms with Crippen LogP contribution in [0.2, 0.25) is 0 Å². The van der Waals surface area contributed by atoms with Crippen LogP contribution in [0.25, 0.3) is 0 Å². The summed E-state index contributed by atoms with van der Waals surface area (Å²) in [6, 6.07) is 4.49. The molecule has 84 valence electrons. The lowest BCUT2D eigenvalue weighted by atomic mass is 9.98. The summed E-state index contributed by atoms with van der Waals surface area (Å²) in [5, 5.41) is 5.51. The molecule has 0 bridgehead atoms. The number of rotatable bonds is 3. The number of aryl methyl sites for hydroxylation is 2. The zero-order chi connectivity index (χ0) is 11.5. The Kier molecular flexibility index (Phi) is 3.36. The maximum absolute atomic E-state index is 4.22. The van der Waals surface area contributed by atoms with E-state index in [-0.39, 0.29) is 6.04 Å². The Balaban J connectivity index is 2.45. The van der Waals surface area contributed by atoms with E-state index in [9.17, 15) is 0 Å². The largest absolute Gasteiger partial charge is 0.309 e. The zero-order valence-electron chi connectivity index (χ0n) is 9.82. The minimum absolute atomic E-state index is 0.250. The SMILES string of the molecule is CNC(c1cnccc1C)c1ccsc1C.